The molecule has 1 aliphatic heterocycles. The Morgan fingerprint density at radius 2 is 2.06 bits per heavy atom. The van der Waals surface area contributed by atoms with Gasteiger partial charge in [-0.05, 0) is 83.5 Å². The number of thioether (sulfide) groups is 1. The smallest absolute Gasteiger partial charge is 0.335 e. The topological polar surface area (TPSA) is 88.4 Å². The van der Waals surface area contributed by atoms with E-state index in [0.717, 1.165) is 5.56 Å². The van der Waals surface area contributed by atoms with Crippen LogP contribution in [0.2, 0.25) is 0 Å². The monoisotopic (exact) mass is 530 g/mol. The molecule has 0 radical (unpaired) electrons. The van der Waals surface area contributed by atoms with Crippen molar-refractivity contribution in [1.82, 2.24) is 4.90 Å². The largest absolute Gasteiger partial charge is 0.490 e. The number of carboxylic acids is 1. The van der Waals surface area contributed by atoms with Crippen molar-refractivity contribution < 1.29 is 24.2 Å². The normalized spacial score (nSPS) is 15.8. The Kier molecular flexibility index (Phi) is 8.35. The average molecular weight is 531 g/mol. The van der Waals surface area contributed by atoms with E-state index in [9.17, 15) is 14.7 Å². The van der Waals surface area contributed by atoms with E-state index < -0.39 is 5.97 Å². The number of rotatable bonds is 9. The van der Waals surface area contributed by atoms with Crippen molar-refractivity contribution in [3.8, 4) is 11.5 Å². The molecule has 0 atom stereocenters. The number of nitrogens with zero attached hydrogens (tertiary/aromatic N) is 2. The number of ether oxygens (including phenoxy) is 2. The fraction of sp³-hybridized carbons (Fsp3) is 0.208. The molecule has 0 bridgehead atoms. The van der Waals surface area contributed by atoms with Crippen LogP contribution in [-0.4, -0.2) is 46.8 Å². The van der Waals surface area contributed by atoms with Crippen molar-refractivity contribution in [3.05, 3.63) is 69.6 Å². The van der Waals surface area contributed by atoms with Crippen molar-refractivity contribution in [2.45, 2.75) is 13.8 Å². The lowest BCUT2D eigenvalue weighted by atomic mass is 10.2. The number of carbonyl (C=O) groups excluding carboxylic acids is 1. The number of benzene rings is 2. The van der Waals surface area contributed by atoms with Crippen molar-refractivity contribution in [3.63, 3.8) is 0 Å². The number of amides is 1. The Bertz CT molecular complexity index is 1150. The molecule has 7 nitrogen and oxygen atoms in total. The van der Waals surface area contributed by atoms with Crippen molar-refractivity contribution in [2.75, 3.05) is 19.8 Å². The summed E-state index contributed by atoms with van der Waals surface area (Å²) in [6.45, 7) is 8.64. The summed E-state index contributed by atoms with van der Waals surface area (Å²) in [7, 11) is 0. The lowest BCUT2D eigenvalue weighted by molar-refractivity contribution is -0.122. The molecule has 1 fully saturated rings. The average Bonchev–Trinajstić information content (AvgIpc) is 3.07. The number of carboxylic acid groups (broad SMARTS) is 1. The molecule has 1 aliphatic rings. The van der Waals surface area contributed by atoms with Gasteiger partial charge in [-0.25, -0.2) is 9.79 Å². The third-order valence-electron chi connectivity index (χ3n) is 4.50. The SMILES string of the molecule is C=CCOc1c(Br)cc(/C=C2\SC(=Nc3cccc(C(=O)O)c3)N(CC)C2=O)cc1OCC. The Hall–Kier alpha value is -3.04. The highest BCUT2D eigenvalue weighted by atomic mass is 79.9. The van der Waals surface area contributed by atoms with Crippen LogP contribution in [0.15, 0.2) is 63.4 Å². The van der Waals surface area contributed by atoms with Gasteiger partial charge >= 0.3 is 5.97 Å². The molecule has 1 heterocycles. The number of amidine groups is 1. The molecule has 0 aliphatic carbocycles. The van der Waals surface area contributed by atoms with Gasteiger partial charge in [0.2, 0.25) is 0 Å². The number of aliphatic imine (C=N–C) groups is 1. The zero-order chi connectivity index (χ0) is 24.0. The minimum Gasteiger partial charge on any atom is -0.490 e. The minimum absolute atomic E-state index is 0.136. The van der Waals surface area contributed by atoms with Gasteiger partial charge < -0.3 is 14.6 Å². The van der Waals surface area contributed by atoms with Gasteiger partial charge in [-0.3, -0.25) is 9.69 Å². The fourth-order valence-electron chi connectivity index (χ4n) is 3.06. The molecule has 2 aromatic carbocycles. The highest BCUT2D eigenvalue weighted by molar-refractivity contribution is 9.10. The summed E-state index contributed by atoms with van der Waals surface area (Å²) in [6, 6.07) is 9.97. The zero-order valence-electron chi connectivity index (χ0n) is 18.2. The Labute approximate surface area is 204 Å². The van der Waals surface area contributed by atoms with E-state index in [-0.39, 0.29) is 11.5 Å². The van der Waals surface area contributed by atoms with Gasteiger partial charge in [0.1, 0.15) is 6.61 Å². The lowest BCUT2D eigenvalue weighted by Crippen LogP contribution is -2.28. The van der Waals surface area contributed by atoms with Crippen LogP contribution in [0.25, 0.3) is 6.08 Å². The van der Waals surface area contributed by atoms with E-state index >= 15 is 0 Å². The van der Waals surface area contributed by atoms with Crippen LogP contribution in [0.5, 0.6) is 11.5 Å². The predicted molar refractivity (Wildman–Crippen MR) is 134 cm³/mol. The van der Waals surface area contributed by atoms with Gasteiger partial charge in [-0.15, -0.1) is 0 Å². The van der Waals surface area contributed by atoms with Crippen LogP contribution in [0.4, 0.5) is 5.69 Å². The molecule has 0 spiro atoms. The highest BCUT2D eigenvalue weighted by Gasteiger charge is 2.32. The lowest BCUT2D eigenvalue weighted by Gasteiger charge is -2.14. The first-order valence-corrected chi connectivity index (χ1v) is 11.8. The zero-order valence-corrected chi connectivity index (χ0v) is 20.6. The Morgan fingerprint density at radius 1 is 1.27 bits per heavy atom. The highest BCUT2D eigenvalue weighted by Crippen LogP contribution is 2.39. The van der Waals surface area contributed by atoms with Gasteiger partial charge in [0.25, 0.3) is 5.91 Å². The maximum absolute atomic E-state index is 13.0. The van der Waals surface area contributed by atoms with E-state index in [0.29, 0.717) is 51.5 Å². The molecule has 172 valence electrons. The summed E-state index contributed by atoms with van der Waals surface area (Å²) in [6.07, 6.45) is 3.43. The maximum Gasteiger partial charge on any atom is 0.335 e. The van der Waals surface area contributed by atoms with E-state index in [1.807, 2.05) is 26.0 Å². The minimum atomic E-state index is -1.03. The van der Waals surface area contributed by atoms with E-state index in [1.165, 1.54) is 23.9 Å². The maximum atomic E-state index is 13.0. The van der Waals surface area contributed by atoms with Gasteiger partial charge in [-0.1, -0.05) is 18.7 Å². The van der Waals surface area contributed by atoms with Crippen LogP contribution in [0.1, 0.15) is 29.8 Å². The van der Waals surface area contributed by atoms with Gasteiger partial charge in [-0.2, -0.15) is 0 Å². The molecule has 2 aromatic rings. The van der Waals surface area contributed by atoms with Crippen molar-refractivity contribution in [1.29, 1.82) is 0 Å². The molecule has 0 unspecified atom stereocenters. The van der Waals surface area contributed by atoms with Crippen LogP contribution >= 0.6 is 27.7 Å². The fourth-order valence-corrected chi connectivity index (χ4v) is 4.69. The predicted octanol–water partition coefficient (Wildman–Crippen LogP) is 5.73. The number of carbonyl (C=O) groups is 2. The number of hydrogen-bond acceptors (Lipinski definition) is 6. The number of hydrogen-bond donors (Lipinski definition) is 1. The summed E-state index contributed by atoms with van der Waals surface area (Å²) in [5, 5.41) is 9.70. The molecule has 1 saturated heterocycles. The van der Waals surface area contributed by atoms with E-state index in [1.54, 1.807) is 29.2 Å². The first kappa shape index (κ1) is 24.6. The van der Waals surface area contributed by atoms with Crippen LogP contribution in [0, 0.1) is 0 Å². The standard InChI is InChI=1S/C24H23BrN2O5S/c1-4-10-32-21-18(25)11-15(12-19(21)31-6-3)13-20-22(28)27(5-2)24(33-20)26-17-9-7-8-16(14-17)23(29)30/h4,7-9,11-14H,1,5-6,10H2,2-3H3,(H,29,30)/b20-13-,26-24?. The number of likely N-dealkylation sites (N-methyl/N-ethyl adjacent to an activating group) is 1. The summed E-state index contributed by atoms with van der Waals surface area (Å²) < 4.78 is 12.1. The second-order valence-electron chi connectivity index (χ2n) is 6.77. The molecule has 0 saturated carbocycles. The summed E-state index contributed by atoms with van der Waals surface area (Å²) in [4.78, 5) is 30.8. The van der Waals surface area contributed by atoms with Crippen LogP contribution < -0.4 is 9.47 Å². The van der Waals surface area contributed by atoms with E-state index in [2.05, 4.69) is 27.5 Å². The van der Waals surface area contributed by atoms with Crippen molar-refractivity contribution >= 4 is 56.5 Å². The van der Waals surface area contributed by atoms with Gasteiger partial charge in [0.05, 0.1) is 27.2 Å². The number of aromatic carboxylic acids is 1. The Balaban J connectivity index is 1.96. The molecule has 3 rings (SSSR count). The van der Waals surface area contributed by atoms with Crippen LogP contribution in [-0.2, 0) is 4.79 Å². The van der Waals surface area contributed by atoms with Gasteiger partial charge in [0.15, 0.2) is 16.7 Å². The summed E-state index contributed by atoms with van der Waals surface area (Å²) >= 11 is 4.76. The molecular formula is C24H23BrN2O5S. The van der Waals surface area contributed by atoms with Gasteiger partial charge in [0, 0.05) is 6.54 Å². The molecule has 1 N–H and O–H groups in total. The third-order valence-corrected chi connectivity index (χ3v) is 6.09. The summed E-state index contributed by atoms with van der Waals surface area (Å²) in [5.74, 6) is -0.0733. The molecule has 0 aromatic heterocycles. The molecule has 1 amide bonds. The number of halogens is 1. The molecular weight excluding hydrogens is 508 g/mol. The summed E-state index contributed by atoms with van der Waals surface area (Å²) in [5.41, 5.74) is 1.37. The first-order chi connectivity index (χ1) is 15.9. The van der Waals surface area contributed by atoms with Crippen molar-refractivity contribution in [2.24, 2.45) is 4.99 Å². The quantitative estimate of drug-likeness (QED) is 0.328. The molecule has 33 heavy (non-hydrogen) atoms. The Morgan fingerprint density at radius 3 is 2.73 bits per heavy atom. The molecule has 9 heteroatoms. The second kappa shape index (κ2) is 11.2. The van der Waals surface area contributed by atoms with Crippen LogP contribution in [0.3, 0.4) is 0 Å². The van der Waals surface area contributed by atoms with E-state index in [4.69, 9.17) is 9.47 Å². The third kappa shape index (κ3) is 5.85. The first-order valence-electron chi connectivity index (χ1n) is 10.2. The second-order valence-corrected chi connectivity index (χ2v) is 8.64.